The summed E-state index contributed by atoms with van der Waals surface area (Å²) in [4.78, 5) is 49.7. The molecule has 8 rings (SSSR count). The molecule has 58 heavy (non-hydrogen) atoms. The Morgan fingerprint density at radius 3 is 2.41 bits per heavy atom. The number of benzene rings is 3. The number of rotatable bonds is 9. The summed E-state index contributed by atoms with van der Waals surface area (Å²) >= 11 is 0. The average molecular weight is 807 g/mol. The number of nitrogens with one attached hydrogen (secondary N) is 3. The van der Waals surface area contributed by atoms with Crippen LogP contribution in [0.2, 0.25) is 0 Å². The van der Waals surface area contributed by atoms with E-state index in [0.717, 1.165) is 53.5 Å². The number of hydrogen-bond donors (Lipinski definition) is 3. The first-order valence-corrected chi connectivity index (χ1v) is 22.3. The minimum absolute atomic E-state index is 0.00126. The summed E-state index contributed by atoms with van der Waals surface area (Å²) in [7, 11) is -3.87. The normalized spacial score (nSPS) is 26.7. The van der Waals surface area contributed by atoms with Crippen molar-refractivity contribution >= 4 is 44.5 Å². The summed E-state index contributed by atoms with van der Waals surface area (Å²) in [5.74, 6) is -2.18. The van der Waals surface area contributed by atoms with Crippen molar-refractivity contribution in [3.8, 4) is 17.1 Å². The first-order chi connectivity index (χ1) is 27.9. The molecule has 306 valence electrons. The second-order valence-electron chi connectivity index (χ2n) is 17.0. The maximum atomic E-state index is 14.8. The zero-order valence-electron chi connectivity index (χ0n) is 33.5. The standard InChI is InChI=1S/C45H54N6O6S/c1-29(2)51-37-23-15-21-34(30-16-10-7-11-17-30)40(37)48-44(51)57-33-27-38-41(52)47-36-26-31(39(36)42(53)49-58(55,56)45(3)24-25-45)18-9-5-4-6-14-22-35(43(54)50(38)28-33)46-32-19-12-8-13-20-32/h7-13,15-21,23,29,31,33,35-36,38-39,46H,4-6,14,22,24-28H2,1-3H3,(H,47,52)(H,49,53)/b18-9-/t31-,33-,35+,36?,38+,39+/m1/s1. The molecular weight excluding hydrogens is 753 g/mol. The third-order valence-electron chi connectivity index (χ3n) is 12.5. The Kier molecular flexibility index (Phi) is 11.1. The Morgan fingerprint density at radius 1 is 0.948 bits per heavy atom. The lowest BCUT2D eigenvalue weighted by Crippen LogP contribution is -2.61. The van der Waals surface area contributed by atoms with Crippen molar-refractivity contribution in [1.82, 2.24) is 24.5 Å². The highest BCUT2D eigenvalue weighted by molar-refractivity contribution is 7.91. The van der Waals surface area contributed by atoms with Crippen LogP contribution in [0.1, 0.15) is 84.6 Å². The number of aromatic nitrogens is 2. The minimum atomic E-state index is -3.87. The number of carbonyl (C=O) groups excluding carboxylic acids is 3. The average Bonchev–Trinajstić information content (AvgIpc) is 3.65. The van der Waals surface area contributed by atoms with Crippen LogP contribution in [0.4, 0.5) is 5.69 Å². The van der Waals surface area contributed by atoms with Crippen molar-refractivity contribution in [2.45, 2.75) is 114 Å². The molecule has 0 radical (unpaired) electrons. The molecule has 4 aromatic rings. The van der Waals surface area contributed by atoms with E-state index in [1.807, 2.05) is 72.8 Å². The SMILES string of the molecule is CC(C)n1c(O[C@@H]2C[C@H]3C(=O)NC4C[C@@H](/C=C\CCCCC[C@H](Nc5ccccc5)C(=O)N3C2)[C@@H]4C(=O)NS(=O)(=O)C2(C)CC2)nc2c(-c3ccccc3)cccc21. The molecule has 12 nitrogen and oxygen atoms in total. The van der Waals surface area contributed by atoms with Gasteiger partial charge in [0.25, 0.3) is 6.01 Å². The monoisotopic (exact) mass is 806 g/mol. The van der Waals surface area contributed by atoms with Crippen LogP contribution in [0.5, 0.6) is 6.01 Å². The number of nitrogens with zero attached hydrogens (tertiary/aromatic N) is 3. The van der Waals surface area contributed by atoms with Crippen LogP contribution in [-0.2, 0) is 24.4 Å². The number of hydrogen-bond acceptors (Lipinski definition) is 8. The molecule has 3 N–H and O–H groups in total. The van der Waals surface area contributed by atoms with Gasteiger partial charge in [0.2, 0.25) is 27.7 Å². The number of sulfonamides is 1. The predicted octanol–water partition coefficient (Wildman–Crippen LogP) is 6.75. The van der Waals surface area contributed by atoms with Crippen LogP contribution >= 0.6 is 0 Å². The topological polar surface area (TPSA) is 152 Å². The maximum absolute atomic E-state index is 14.8. The molecule has 1 aromatic heterocycles. The molecule has 0 spiro atoms. The molecule has 2 saturated carbocycles. The van der Waals surface area contributed by atoms with Gasteiger partial charge in [-0.2, -0.15) is 4.98 Å². The van der Waals surface area contributed by atoms with Gasteiger partial charge in [-0.1, -0.05) is 85.7 Å². The number of carbonyl (C=O) groups is 3. The summed E-state index contributed by atoms with van der Waals surface area (Å²) in [6.07, 6.45) is 9.17. The second kappa shape index (κ2) is 16.2. The fourth-order valence-corrected chi connectivity index (χ4v) is 10.1. The Morgan fingerprint density at radius 2 is 1.69 bits per heavy atom. The second-order valence-corrected chi connectivity index (χ2v) is 19.2. The van der Waals surface area contributed by atoms with Crippen LogP contribution in [0.25, 0.3) is 22.2 Å². The summed E-state index contributed by atoms with van der Waals surface area (Å²) in [5.41, 5.74) is 4.56. The molecule has 2 aliphatic heterocycles. The first kappa shape index (κ1) is 39.6. The van der Waals surface area contributed by atoms with Gasteiger partial charge < -0.3 is 20.3 Å². The molecule has 4 aliphatic rings. The van der Waals surface area contributed by atoms with E-state index >= 15 is 0 Å². The highest BCUT2D eigenvalue weighted by Gasteiger charge is 2.54. The number of fused-ring (bicyclic) bond motifs is 4. The first-order valence-electron chi connectivity index (χ1n) is 20.8. The van der Waals surface area contributed by atoms with Crippen LogP contribution < -0.4 is 20.1 Å². The summed E-state index contributed by atoms with van der Waals surface area (Å²) in [6.45, 7) is 5.95. The summed E-state index contributed by atoms with van der Waals surface area (Å²) in [6, 6.07) is 24.1. The molecule has 2 aliphatic carbocycles. The number of imidazole rings is 1. The van der Waals surface area contributed by atoms with Gasteiger partial charge in [-0.25, -0.2) is 8.42 Å². The van der Waals surface area contributed by atoms with E-state index in [1.165, 1.54) is 0 Å². The molecule has 6 atom stereocenters. The largest absolute Gasteiger partial charge is 0.459 e. The van der Waals surface area contributed by atoms with Gasteiger partial charge in [-0.15, -0.1) is 0 Å². The lowest BCUT2D eigenvalue weighted by Gasteiger charge is -2.43. The van der Waals surface area contributed by atoms with Crippen molar-refractivity contribution in [1.29, 1.82) is 0 Å². The lowest BCUT2D eigenvalue weighted by molar-refractivity contribution is -0.141. The van der Waals surface area contributed by atoms with Crippen molar-refractivity contribution in [3.05, 3.63) is 91.0 Å². The van der Waals surface area contributed by atoms with Crippen LogP contribution in [0.3, 0.4) is 0 Å². The number of para-hydroxylation sites is 2. The van der Waals surface area contributed by atoms with Gasteiger partial charge >= 0.3 is 0 Å². The van der Waals surface area contributed by atoms with Gasteiger partial charge in [0.1, 0.15) is 23.7 Å². The summed E-state index contributed by atoms with van der Waals surface area (Å²) in [5, 5.41) is 6.56. The molecule has 3 amide bonds. The maximum Gasteiger partial charge on any atom is 0.297 e. The zero-order chi connectivity index (χ0) is 40.6. The molecule has 2 bridgehead atoms. The highest BCUT2D eigenvalue weighted by atomic mass is 32.2. The van der Waals surface area contributed by atoms with Crippen molar-refractivity contribution in [2.75, 3.05) is 11.9 Å². The number of allylic oxidation sites excluding steroid dienone is 2. The molecule has 3 fully saturated rings. The van der Waals surface area contributed by atoms with Gasteiger partial charge in [0.05, 0.1) is 22.7 Å². The fraction of sp³-hybridized carbons (Fsp3) is 0.467. The van der Waals surface area contributed by atoms with E-state index in [-0.39, 0.29) is 30.8 Å². The van der Waals surface area contributed by atoms with Gasteiger partial charge in [0.15, 0.2) is 0 Å². The Labute approximate surface area is 340 Å². The Bertz CT molecular complexity index is 2290. The lowest BCUT2D eigenvalue weighted by atomic mass is 9.68. The predicted molar refractivity (Wildman–Crippen MR) is 224 cm³/mol. The van der Waals surface area contributed by atoms with Gasteiger partial charge in [-0.3, -0.25) is 23.7 Å². The molecule has 13 heteroatoms. The van der Waals surface area contributed by atoms with Crippen LogP contribution in [0.15, 0.2) is 91.0 Å². The van der Waals surface area contributed by atoms with Crippen molar-refractivity contribution in [2.24, 2.45) is 11.8 Å². The van der Waals surface area contributed by atoms with Crippen molar-refractivity contribution in [3.63, 3.8) is 0 Å². The van der Waals surface area contributed by atoms with Crippen LogP contribution in [0, 0.1) is 11.8 Å². The van der Waals surface area contributed by atoms with E-state index in [9.17, 15) is 22.8 Å². The zero-order valence-corrected chi connectivity index (χ0v) is 34.3. The minimum Gasteiger partial charge on any atom is -0.459 e. The fourth-order valence-electron chi connectivity index (χ4n) is 8.76. The molecular formula is C45H54N6O6S. The molecule has 1 unspecified atom stereocenters. The highest BCUT2D eigenvalue weighted by Crippen LogP contribution is 2.43. The quantitative estimate of drug-likeness (QED) is 0.157. The van der Waals surface area contributed by atoms with Gasteiger partial charge in [0, 0.05) is 29.8 Å². The summed E-state index contributed by atoms with van der Waals surface area (Å²) < 4.78 is 36.5. The van der Waals surface area contributed by atoms with E-state index < -0.39 is 56.7 Å². The number of amides is 3. The molecule has 1 saturated heterocycles. The van der Waals surface area contributed by atoms with Crippen LogP contribution in [-0.4, -0.2) is 76.1 Å². The smallest absolute Gasteiger partial charge is 0.297 e. The third-order valence-corrected chi connectivity index (χ3v) is 14.6. The Balaban J connectivity index is 1.10. The van der Waals surface area contributed by atoms with E-state index in [0.29, 0.717) is 31.7 Å². The van der Waals surface area contributed by atoms with E-state index in [2.05, 4.69) is 52.0 Å². The third kappa shape index (κ3) is 7.97. The van der Waals surface area contributed by atoms with Crippen molar-refractivity contribution < 1.29 is 27.5 Å². The number of anilines is 1. The van der Waals surface area contributed by atoms with E-state index in [4.69, 9.17) is 9.72 Å². The van der Waals surface area contributed by atoms with E-state index in [1.54, 1.807) is 11.8 Å². The molecule has 3 aromatic carbocycles. The number of ether oxygens (including phenoxy) is 1. The molecule has 3 heterocycles. The Hall–Kier alpha value is -5.17. The van der Waals surface area contributed by atoms with Gasteiger partial charge in [-0.05, 0) is 89.0 Å².